The summed E-state index contributed by atoms with van der Waals surface area (Å²) in [6, 6.07) is 14.2. The summed E-state index contributed by atoms with van der Waals surface area (Å²) in [7, 11) is 0. The normalized spacial score (nSPS) is 17.2. The van der Waals surface area contributed by atoms with Gasteiger partial charge in [-0.25, -0.2) is 0 Å². The van der Waals surface area contributed by atoms with E-state index in [1.807, 2.05) is 24.3 Å². The van der Waals surface area contributed by atoms with E-state index in [0.29, 0.717) is 10.6 Å². The molecule has 0 saturated carbocycles. The molecule has 2 N–H and O–H groups in total. The number of amides is 1. The zero-order chi connectivity index (χ0) is 15.4. The summed E-state index contributed by atoms with van der Waals surface area (Å²) in [5, 5.41) is 6.72. The molecule has 0 unspecified atom stereocenters. The summed E-state index contributed by atoms with van der Waals surface area (Å²) in [6.07, 6.45) is 1.25. The van der Waals surface area contributed by atoms with Gasteiger partial charge in [0.25, 0.3) is 5.91 Å². The average Bonchev–Trinajstić information content (AvgIpc) is 3.03. The molecule has 1 fully saturated rings. The van der Waals surface area contributed by atoms with Crippen LogP contribution in [-0.4, -0.2) is 25.1 Å². The van der Waals surface area contributed by atoms with Crippen LogP contribution < -0.4 is 15.4 Å². The molecule has 1 atom stereocenters. The molecular weight excluding hydrogens is 300 g/mol. The Morgan fingerprint density at radius 1 is 1.14 bits per heavy atom. The van der Waals surface area contributed by atoms with Crippen molar-refractivity contribution < 1.29 is 9.53 Å². The van der Waals surface area contributed by atoms with E-state index >= 15 is 0 Å². The van der Waals surface area contributed by atoms with Crippen LogP contribution in [0.3, 0.4) is 0 Å². The number of benzene rings is 2. The Hall–Kier alpha value is -2.04. The summed E-state index contributed by atoms with van der Waals surface area (Å²) in [5.74, 6) is 0.656. The van der Waals surface area contributed by atoms with Crippen LogP contribution in [0.25, 0.3) is 0 Å². The molecule has 3 rings (SSSR count). The number of nitrogens with one attached hydrogen (secondary N) is 2. The SMILES string of the molecule is O=C(Nc1ccc(O[C@@H]2CCNC2)cc1)c1ccc(Cl)cc1. The van der Waals surface area contributed by atoms with Crippen LogP contribution in [-0.2, 0) is 0 Å². The molecule has 1 aliphatic heterocycles. The summed E-state index contributed by atoms with van der Waals surface area (Å²) in [4.78, 5) is 12.1. The third-order valence-electron chi connectivity index (χ3n) is 3.54. The summed E-state index contributed by atoms with van der Waals surface area (Å²) < 4.78 is 5.84. The zero-order valence-electron chi connectivity index (χ0n) is 12.0. The zero-order valence-corrected chi connectivity index (χ0v) is 12.8. The fourth-order valence-corrected chi connectivity index (χ4v) is 2.47. The number of hydrogen-bond acceptors (Lipinski definition) is 3. The fraction of sp³-hybridized carbons (Fsp3) is 0.235. The third kappa shape index (κ3) is 3.78. The lowest BCUT2D eigenvalue weighted by Gasteiger charge is -2.13. The van der Waals surface area contributed by atoms with Crippen LogP contribution in [0.5, 0.6) is 5.75 Å². The molecule has 1 amide bonds. The molecule has 0 spiro atoms. The van der Waals surface area contributed by atoms with Crippen molar-refractivity contribution in [3.8, 4) is 5.75 Å². The molecule has 0 aliphatic carbocycles. The van der Waals surface area contributed by atoms with Gasteiger partial charge in [-0.2, -0.15) is 0 Å². The van der Waals surface area contributed by atoms with Crippen molar-refractivity contribution in [3.05, 3.63) is 59.1 Å². The Bertz CT molecular complexity index is 635. The van der Waals surface area contributed by atoms with Gasteiger partial charge in [-0.3, -0.25) is 4.79 Å². The quantitative estimate of drug-likeness (QED) is 0.909. The van der Waals surface area contributed by atoms with E-state index in [0.717, 1.165) is 30.9 Å². The molecule has 22 heavy (non-hydrogen) atoms. The number of carbonyl (C=O) groups excluding carboxylic acids is 1. The number of hydrogen-bond donors (Lipinski definition) is 2. The first-order chi connectivity index (χ1) is 10.7. The van der Waals surface area contributed by atoms with Crippen molar-refractivity contribution in [1.82, 2.24) is 5.32 Å². The van der Waals surface area contributed by atoms with Crippen molar-refractivity contribution in [3.63, 3.8) is 0 Å². The molecule has 1 heterocycles. The lowest BCUT2D eigenvalue weighted by molar-refractivity contribution is 0.102. The molecule has 2 aromatic carbocycles. The van der Waals surface area contributed by atoms with Gasteiger partial charge in [0, 0.05) is 22.8 Å². The minimum Gasteiger partial charge on any atom is -0.489 e. The van der Waals surface area contributed by atoms with Gasteiger partial charge in [-0.1, -0.05) is 11.6 Å². The Kier molecular flexibility index (Phi) is 4.61. The third-order valence-corrected chi connectivity index (χ3v) is 3.79. The van der Waals surface area contributed by atoms with E-state index in [9.17, 15) is 4.79 Å². The second-order valence-corrected chi connectivity index (χ2v) is 5.65. The first-order valence-electron chi connectivity index (χ1n) is 7.25. The van der Waals surface area contributed by atoms with Crippen LogP contribution >= 0.6 is 11.6 Å². The number of rotatable bonds is 4. The monoisotopic (exact) mass is 316 g/mol. The van der Waals surface area contributed by atoms with Crippen molar-refractivity contribution >= 4 is 23.2 Å². The van der Waals surface area contributed by atoms with E-state index in [4.69, 9.17) is 16.3 Å². The Balaban J connectivity index is 1.60. The Labute approximate surface area is 134 Å². The average molecular weight is 317 g/mol. The van der Waals surface area contributed by atoms with Gasteiger partial charge in [0.15, 0.2) is 0 Å². The number of halogens is 1. The van der Waals surface area contributed by atoms with E-state index in [1.165, 1.54) is 0 Å². The maximum atomic E-state index is 12.1. The molecule has 1 aliphatic rings. The lowest BCUT2D eigenvalue weighted by Crippen LogP contribution is -2.19. The minimum atomic E-state index is -0.162. The highest BCUT2D eigenvalue weighted by Crippen LogP contribution is 2.19. The second kappa shape index (κ2) is 6.81. The highest BCUT2D eigenvalue weighted by molar-refractivity contribution is 6.30. The highest BCUT2D eigenvalue weighted by Gasteiger charge is 2.15. The van der Waals surface area contributed by atoms with Crippen LogP contribution in [0.4, 0.5) is 5.69 Å². The van der Waals surface area contributed by atoms with E-state index in [-0.39, 0.29) is 12.0 Å². The molecule has 5 heteroatoms. The van der Waals surface area contributed by atoms with Crippen molar-refractivity contribution in [2.45, 2.75) is 12.5 Å². The first kappa shape index (κ1) is 14.9. The van der Waals surface area contributed by atoms with Crippen LogP contribution in [0.1, 0.15) is 16.8 Å². The number of anilines is 1. The maximum absolute atomic E-state index is 12.1. The predicted molar refractivity (Wildman–Crippen MR) is 87.7 cm³/mol. The standard InChI is InChI=1S/C17H17ClN2O2/c18-13-3-1-12(2-4-13)17(21)20-14-5-7-15(8-6-14)22-16-9-10-19-11-16/h1-8,16,19H,9-11H2,(H,20,21)/t16-/m1/s1. The first-order valence-corrected chi connectivity index (χ1v) is 7.63. The number of ether oxygens (including phenoxy) is 1. The molecule has 114 valence electrons. The smallest absolute Gasteiger partial charge is 0.255 e. The molecule has 0 radical (unpaired) electrons. The molecule has 0 bridgehead atoms. The topological polar surface area (TPSA) is 50.4 Å². The summed E-state index contributed by atoms with van der Waals surface area (Å²) >= 11 is 5.81. The molecular formula is C17H17ClN2O2. The van der Waals surface area contributed by atoms with E-state index in [2.05, 4.69) is 10.6 Å². The van der Waals surface area contributed by atoms with Crippen molar-refractivity contribution in [2.75, 3.05) is 18.4 Å². The molecule has 2 aromatic rings. The molecule has 4 nitrogen and oxygen atoms in total. The van der Waals surface area contributed by atoms with Gasteiger partial charge in [0.05, 0.1) is 0 Å². The molecule has 0 aromatic heterocycles. The summed E-state index contributed by atoms with van der Waals surface area (Å²) in [5.41, 5.74) is 1.30. The fourth-order valence-electron chi connectivity index (χ4n) is 2.34. The maximum Gasteiger partial charge on any atom is 0.255 e. The van der Waals surface area contributed by atoms with Gasteiger partial charge in [-0.15, -0.1) is 0 Å². The van der Waals surface area contributed by atoms with Gasteiger partial charge in [0.2, 0.25) is 0 Å². The van der Waals surface area contributed by atoms with Crippen molar-refractivity contribution in [1.29, 1.82) is 0 Å². The highest BCUT2D eigenvalue weighted by atomic mass is 35.5. The van der Waals surface area contributed by atoms with Gasteiger partial charge >= 0.3 is 0 Å². The predicted octanol–water partition coefficient (Wildman–Crippen LogP) is 3.33. The van der Waals surface area contributed by atoms with Gasteiger partial charge in [-0.05, 0) is 61.5 Å². The van der Waals surface area contributed by atoms with Crippen LogP contribution in [0.2, 0.25) is 5.02 Å². The van der Waals surface area contributed by atoms with Crippen LogP contribution in [0.15, 0.2) is 48.5 Å². The van der Waals surface area contributed by atoms with Crippen molar-refractivity contribution in [2.24, 2.45) is 0 Å². The van der Waals surface area contributed by atoms with E-state index < -0.39 is 0 Å². The second-order valence-electron chi connectivity index (χ2n) is 5.22. The molecule has 1 saturated heterocycles. The lowest BCUT2D eigenvalue weighted by atomic mass is 10.2. The largest absolute Gasteiger partial charge is 0.489 e. The minimum absolute atomic E-state index is 0.162. The summed E-state index contributed by atoms with van der Waals surface area (Å²) in [6.45, 7) is 1.88. The number of carbonyl (C=O) groups is 1. The van der Waals surface area contributed by atoms with E-state index in [1.54, 1.807) is 24.3 Å². The van der Waals surface area contributed by atoms with Crippen LogP contribution in [0, 0.1) is 0 Å². The Morgan fingerprint density at radius 3 is 2.50 bits per heavy atom. The van der Waals surface area contributed by atoms with Gasteiger partial charge < -0.3 is 15.4 Å². The van der Waals surface area contributed by atoms with Gasteiger partial charge in [0.1, 0.15) is 11.9 Å². The Morgan fingerprint density at radius 2 is 1.86 bits per heavy atom.